The van der Waals surface area contributed by atoms with Crippen LogP contribution < -0.4 is 10.1 Å². The van der Waals surface area contributed by atoms with Crippen molar-refractivity contribution in [2.24, 2.45) is 23.7 Å². The molecule has 1 aliphatic heterocycles. The first kappa shape index (κ1) is 27.7. The van der Waals surface area contributed by atoms with E-state index < -0.39 is 5.60 Å². The van der Waals surface area contributed by atoms with Gasteiger partial charge in [0.15, 0.2) is 0 Å². The molecule has 1 aliphatic rings. The molecular formula is C28H48N2O3. The molecule has 0 saturated carbocycles. The summed E-state index contributed by atoms with van der Waals surface area (Å²) in [7, 11) is 0. The molecule has 33 heavy (non-hydrogen) atoms. The number of hydrogen-bond donors (Lipinski definition) is 1. The van der Waals surface area contributed by atoms with Gasteiger partial charge in [0.1, 0.15) is 18.0 Å². The quantitative estimate of drug-likeness (QED) is 0.378. The van der Waals surface area contributed by atoms with Crippen LogP contribution >= 0.6 is 0 Å². The lowest BCUT2D eigenvalue weighted by molar-refractivity contribution is -0.147. The lowest BCUT2D eigenvalue weighted by Gasteiger charge is -2.35. The third kappa shape index (κ3) is 9.29. The van der Waals surface area contributed by atoms with Gasteiger partial charge in [-0.1, -0.05) is 48.5 Å². The van der Waals surface area contributed by atoms with E-state index in [1.54, 1.807) is 0 Å². The zero-order valence-corrected chi connectivity index (χ0v) is 22.2. The van der Waals surface area contributed by atoms with E-state index in [2.05, 4.69) is 58.7 Å². The van der Waals surface area contributed by atoms with Crippen molar-refractivity contribution < 1.29 is 14.3 Å². The standard InChI is InChI=1S/C28H48N2O3/c1-8-14-33-28(17-21(2)3,18-22(4)5)27(31)29-25-9-11-26(12-10-25)32-15-13-30-19-23(6)16-24(7)20-30/h9-12,21-24H,8,13-20H2,1-7H3,(H,29,31)/t23-,24-/m0/s1. The summed E-state index contributed by atoms with van der Waals surface area (Å²) in [6, 6.07) is 7.73. The minimum Gasteiger partial charge on any atom is -0.492 e. The first-order valence-electron chi connectivity index (χ1n) is 13.0. The number of carbonyl (C=O) groups excluding carboxylic acids is 1. The van der Waals surface area contributed by atoms with Crippen LogP contribution in [0.1, 0.15) is 74.1 Å². The van der Waals surface area contributed by atoms with Crippen molar-refractivity contribution in [2.75, 3.05) is 38.2 Å². The number of nitrogens with one attached hydrogen (secondary N) is 1. The van der Waals surface area contributed by atoms with Crippen molar-refractivity contribution >= 4 is 11.6 Å². The Balaban J connectivity index is 1.95. The van der Waals surface area contributed by atoms with Crippen LogP contribution in [0.25, 0.3) is 0 Å². The van der Waals surface area contributed by atoms with Crippen molar-refractivity contribution in [3.8, 4) is 5.75 Å². The Morgan fingerprint density at radius 2 is 1.61 bits per heavy atom. The van der Waals surface area contributed by atoms with Crippen molar-refractivity contribution in [1.82, 2.24) is 4.90 Å². The lowest BCUT2D eigenvalue weighted by atomic mass is 9.83. The van der Waals surface area contributed by atoms with Crippen molar-refractivity contribution in [1.29, 1.82) is 0 Å². The topological polar surface area (TPSA) is 50.8 Å². The van der Waals surface area contributed by atoms with Crippen molar-refractivity contribution in [3.63, 3.8) is 0 Å². The van der Waals surface area contributed by atoms with E-state index in [-0.39, 0.29) is 5.91 Å². The average Bonchev–Trinajstić information content (AvgIpc) is 2.71. The van der Waals surface area contributed by atoms with Crippen LogP contribution in [0, 0.1) is 23.7 Å². The maximum absolute atomic E-state index is 13.4. The molecule has 2 atom stereocenters. The summed E-state index contributed by atoms with van der Waals surface area (Å²) in [6.45, 7) is 19.9. The number of rotatable bonds is 13. The number of carbonyl (C=O) groups is 1. The van der Waals surface area contributed by atoms with E-state index in [1.807, 2.05) is 24.3 Å². The summed E-state index contributed by atoms with van der Waals surface area (Å²) < 4.78 is 12.2. The maximum Gasteiger partial charge on any atom is 0.256 e. The third-order valence-electron chi connectivity index (χ3n) is 6.21. The molecule has 0 bridgehead atoms. The number of ether oxygens (including phenoxy) is 2. The molecule has 1 fully saturated rings. The van der Waals surface area contributed by atoms with Gasteiger partial charge >= 0.3 is 0 Å². The first-order valence-corrected chi connectivity index (χ1v) is 13.0. The molecule has 1 aromatic rings. The van der Waals surface area contributed by atoms with Gasteiger partial charge in [0, 0.05) is 31.9 Å². The Kier molecular flexibility index (Phi) is 11.2. The van der Waals surface area contributed by atoms with E-state index in [1.165, 1.54) is 6.42 Å². The Bertz CT molecular complexity index is 682. The molecule has 5 nitrogen and oxygen atoms in total. The smallest absolute Gasteiger partial charge is 0.256 e. The number of likely N-dealkylation sites (tertiary alicyclic amines) is 1. The molecule has 5 heteroatoms. The number of hydrogen-bond acceptors (Lipinski definition) is 4. The van der Waals surface area contributed by atoms with Gasteiger partial charge in [-0.15, -0.1) is 0 Å². The number of amides is 1. The molecule has 0 aliphatic carbocycles. The molecule has 1 N–H and O–H groups in total. The fourth-order valence-corrected chi connectivity index (χ4v) is 5.22. The molecule has 1 aromatic carbocycles. The van der Waals surface area contributed by atoms with Crippen LogP contribution in [-0.2, 0) is 9.53 Å². The first-order chi connectivity index (χ1) is 15.6. The lowest BCUT2D eigenvalue weighted by Crippen LogP contribution is -2.47. The minimum absolute atomic E-state index is 0.0413. The van der Waals surface area contributed by atoms with E-state index in [0.29, 0.717) is 37.9 Å². The van der Waals surface area contributed by atoms with Gasteiger partial charge in [-0.05, 0) is 73.6 Å². The monoisotopic (exact) mass is 460 g/mol. The number of nitrogens with zero attached hydrogens (tertiary/aromatic N) is 1. The molecule has 188 valence electrons. The highest BCUT2D eigenvalue weighted by Gasteiger charge is 2.40. The van der Waals surface area contributed by atoms with E-state index >= 15 is 0 Å². The second-order valence-electron chi connectivity index (χ2n) is 11.1. The summed E-state index contributed by atoms with van der Waals surface area (Å²) >= 11 is 0. The summed E-state index contributed by atoms with van der Waals surface area (Å²) in [5.74, 6) is 3.05. The highest BCUT2D eigenvalue weighted by Crippen LogP contribution is 2.31. The highest BCUT2D eigenvalue weighted by atomic mass is 16.5. The summed E-state index contributed by atoms with van der Waals surface area (Å²) in [5.41, 5.74) is -0.0148. The SMILES string of the molecule is CCCOC(CC(C)C)(CC(C)C)C(=O)Nc1ccc(OCCN2C[C@@H](C)C[C@H](C)C2)cc1. The predicted molar refractivity (Wildman–Crippen MR) is 138 cm³/mol. The molecule has 1 heterocycles. The fourth-order valence-electron chi connectivity index (χ4n) is 5.22. The molecule has 0 radical (unpaired) electrons. The second-order valence-corrected chi connectivity index (χ2v) is 11.1. The maximum atomic E-state index is 13.4. The van der Waals surface area contributed by atoms with Gasteiger partial charge < -0.3 is 14.8 Å². The van der Waals surface area contributed by atoms with Crippen LogP contribution in [0.2, 0.25) is 0 Å². The van der Waals surface area contributed by atoms with Gasteiger partial charge in [0.25, 0.3) is 5.91 Å². The molecule has 0 spiro atoms. The summed E-state index contributed by atoms with van der Waals surface area (Å²) in [5, 5.41) is 3.12. The molecular weight excluding hydrogens is 412 g/mol. The molecule has 2 rings (SSSR count). The Morgan fingerprint density at radius 3 is 2.12 bits per heavy atom. The van der Waals surface area contributed by atoms with E-state index in [4.69, 9.17) is 9.47 Å². The van der Waals surface area contributed by atoms with Crippen molar-refractivity contribution in [3.05, 3.63) is 24.3 Å². The molecule has 1 amide bonds. The van der Waals surface area contributed by atoms with Gasteiger partial charge in [-0.2, -0.15) is 0 Å². The Labute approximate surface area is 202 Å². The minimum atomic E-state index is -0.795. The van der Waals surface area contributed by atoms with E-state index in [9.17, 15) is 4.79 Å². The zero-order chi connectivity index (χ0) is 24.4. The van der Waals surface area contributed by atoms with Crippen LogP contribution in [-0.4, -0.2) is 49.3 Å². The number of anilines is 1. The van der Waals surface area contributed by atoms with Crippen LogP contribution in [0.4, 0.5) is 5.69 Å². The van der Waals surface area contributed by atoms with Gasteiger partial charge in [0.05, 0.1) is 0 Å². The summed E-state index contributed by atoms with van der Waals surface area (Å²) in [4.78, 5) is 15.9. The molecule has 0 unspecified atom stereocenters. The van der Waals surface area contributed by atoms with Crippen LogP contribution in [0.5, 0.6) is 5.75 Å². The fraction of sp³-hybridized carbons (Fsp3) is 0.750. The second kappa shape index (κ2) is 13.3. The number of benzene rings is 1. The zero-order valence-electron chi connectivity index (χ0n) is 22.2. The molecule has 0 aromatic heterocycles. The third-order valence-corrected chi connectivity index (χ3v) is 6.21. The van der Waals surface area contributed by atoms with E-state index in [0.717, 1.165) is 49.3 Å². The Morgan fingerprint density at radius 1 is 1.03 bits per heavy atom. The summed E-state index contributed by atoms with van der Waals surface area (Å²) in [6.07, 6.45) is 3.65. The van der Waals surface area contributed by atoms with Crippen LogP contribution in [0.15, 0.2) is 24.3 Å². The predicted octanol–water partition coefficient (Wildman–Crippen LogP) is 6.24. The van der Waals surface area contributed by atoms with Gasteiger partial charge in [-0.3, -0.25) is 9.69 Å². The Hall–Kier alpha value is -1.59. The van der Waals surface area contributed by atoms with Crippen LogP contribution in [0.3, 0.4) is 0 Å². The average molecular weight is 461 g/mol. The largest absolute Gasteiger partial charge is 0.492 e. The highest BCUT2D eigenvalue weighted by molar-refractivity contribution is 5.97. The van der Waals surface area contributed by atoms with Gasteiger partial charge in [0.2, 0.25) is 0 Å². The van der Waals surface area contributed by atoms with Gasteiger partial charge in [-0.25, -0.2) is 0 Å². The van der Waals surface area contributed by atoms with Crippen molar-refractivity contribution in [2.45, 2.75) is 79.8 Å². The molecule has 1 saturated heterocycles. The number of piperidine rings is 1. The normalized spacial score (nSPS) is 19.8.